The topological polar surface area (TPSA) is 64.7 Å². The Balaban J connectivity index is 1.45. The maximum Gasteiger partial charge on any atom is 0.238 e. The van der Waals surface area contributed by atoms with E-state index in [4.69, 9.17) is 0 Å². The molecule has 1 heterocycles. The van der Waals surface area contributed by atoms with Crippen LogP contribution in [0.5, 0.6) is 0 Å². The molecule has 6 nitrogen and oxygen atoms in total. The molecule has 0 radical (unpaired) electrons. The molecule has 0 aliphatic carbocycles. The summed E-state index contributed by atoms with van der Waals surface area (Å²) in [6, 6.07) is 13.8. The summed E-state index contributed by atoms with van der Waals surface area (Å²) in [5.41, 5.74) is 4.97. The van der Waals surface area contributed by atoms with Gasteiger partial charge in [0.25, 0.3) is 0 Å². The number of likely N-dealkylation sites (N-methyl/N-ethyl adjacent to an activating group) is 1. The van der Waals surface area contributed by atoms with E-state index in [9.17, 15) is 9.59 Å². The second-order valence-electron chi connectivity index (χ2n) is 8.73. The average molecular weight is 423 g/mol. The van der Waals surface area contributed by atoms with Gasteiger partial charge in [-0.1, -0.05) is 19.1 Å². The van der Waals surface area contributed by atoms with Crippen LogP contribution in [0.4, 0.5) is 17.1 Å². The third-order valence-corrected chi connectivity index (χ3v) is 6.01. The second-order valence-corrected chi connectivity index (χ2v) is 8.73. The highest BCUT2D eigenvalue weighted by Gasteiger charge is 2.16. The van der Waals surface area contributed by atoms with Gasteiger partial charge >= 0.3 is 0 Å². The zero-order valence-corrected chi connectivity index (χ0v) is 19.1. The fourth-order valence-corrected chi connectivity index (χ4v) is 3.85. The largest absolute Gasteiger partial charge is 0.372 e. The molecule has 0 unspecified atom stereocenters. The van der Waals surface area contributed by atoms with E-state index in [-0.39, 0.29) is 24.9 Å². The maximum atomic E-state index is 12.4. The Morgan fingerprint density at radius 2 is 1.58 bits per heavy atom. The fraction of sp³-hybridized carbons (Fsp3) is 0.440. The molecule has 0 bridgehead atoms. The van der Waals surface area contributed by atoms with Gasteiger partial charge in [-0.2, -0.15) is 0 Å². The van der Waals surface area contributed by atoms with E-state index in [0.717, 1.165) is 41.5 Å². The van der Waals surface area contributed by atoms with Gasteiger partial charge in [0.1, 0.15) is 0 Å². The van der Waals surface area contributed by atoms with Crippen molar-refractivity contribution in [2.75, 3.05) is 48.8 Å². The van der Waals surface area contributed by atoms with Gasteiger partial charge in [0.15, 0.2) is 0 Å². The molecule has 31 heavy (non-hydrogen) atoms. The normalized spacial score (nSPS) is 14.5. The number of hydrogen-bond donors (Lipinski definition) is 2. The van der Waals surface area contributed by atoms with Crippen molar-refractivity contribution in [2.24, 2.45) is 5.92 Å². The van der Waals surface area contributed by atoms with E-state index in [1.54, 1.807) is 11.9 Å². The Morgan fingerprint density at radius 1 is 0.968 bits per heavy atom. The number of amides is 2. The molecule has 6 heteroatoms. The third-order valence-electron chi connectivity index (χ3n) is 6.01. The van der Waals surface area contributed by atoms with E-state index in [1.165, 1.54) is 18.5 Å². The van der Waals surface area contributed by atoms with Crippen LogP contribution >= 0.6 is 0 Å². The molecule has 2 aromatic carbocycles. The van der Waals surface area contributed by atoms with Gasteiger partial charge in [-0.25, -0.2) is 0 Å². The van der Waals surface area contributed by atoms with E-state index in [2.05, 4.69) is 34.6 Å². The van der Waals surface area contributed by atoms with Gasteiger partial charge in [-0.3, -0.25) is 14.5 Å². The monoisotopic (exact) mass is 422 g/mol. The number of benzene rings is 2. The van der Waals surface area contributed by atoms with E-state index in [1.807, 2.05) is 44.2 Å². The van der Waals surface area contributed by atoms with Gasteiger partial charge in [0, 0.05) is 30.2 Å². The summed E-state index contributed by atoms with van der Waals surface area (Å²) in [6.45, 7) is 8.77. The number of aryl methyl sites for hydroxylation is 1. The third kappa shape index (κ3) is 6.56. The van der Waals surface area contributed by atoms with E-state index < -0.39 is 0 Å². The highest BCUT2D eigenvalue weighted by molar-refractivity contribution is 5.95. The van der Waals surface area contributed by atoms with Crippen LogP contribution in [0.1, 0.15) is 30.9 Å². The lowest BCUT2D eigenvalue weighted by Crippen LogP contribution is -2.36. The zero-order chi connectivity index (χ0) is 22.4. The standard InChI is InChI=1S/C25H34N4O2/c1-18-12-14-29(15-13-18)22-10-8-21(9-11-22)26-24(30)16-28(4)17-25(31)27-23-7-5-6-19(2)20(23)3/h5-11,18H,12-17H2,1-4H3,(H,26,30)(H,27,31). The summed E-state index contributed by atoms with van der Waals surface area (Å²) < 4.78 is 0. The number of carbonyl (C=O) groups is 2. The molecule has 0 spiro atoms. The summed E-state index contributed by atoms with van der Waals surface area (Å²) in [5.74, 6) is 0.528. The molecule has 0 atom stereocenters. The first-order valence-electron chi connectivity index (χ1n) is 11.0. The number of rotatable bonds is 7. The first kappa shape index (κ1) is 22.8. The Labute approximate surface area is 185 Å². The van der Waals surface area contributed by atoms with Crippen LogP contribution in [-0.2, 0) is 9.59 Å². The van der Waals surface area contributed by atoms with Crippen LogP contribution < -0.4 is 15.5 Å². The number of nitrogens with zero attached hydrogens (tertiary/aromatic N) is 2. The SMILES string of the molecule is Cc1cccc(NC(=O)CN(C)CC(=O)Nc2ccc(N3CCC(C)CC3)cc2)c1C. The van der Waals surface area contributed by atoms with Crippen molar-refractivity contribution in [3.05, 3.63) is 53.6 Å². The number of piperidine rings is 1. The number of anilines is 3. The van der Waals surface area contributed by atoms with Crippen LogP contribution in [0.25, 0.3) is 0 Å². The average Bonchev–Trinajstić information content (AvgIpc) is 2.72. The van der Waals surface area contributed by atoms with Crippen molar-refractivity contribution < 1.29 is 9.59 Å². The minimum Gasteiger partial charge on any atom is -0.372 e. The van der Waals surface area contributed by atoms with Gasteiger partial charge in [0.2, 0.25) is 11.8 Å². The second kappa shape index (κ2) is 10.4. The molecule has 2 amide bonds. The van der Waals surface area contributed by atoms with Crippen LogP contribution in [0.2, 0.25) is 0 Å². The lowest BCUT2D eigenvalue weighted by atomic mass is 9.99. The smallest absolute Gasteiger partial charge is 0.238 e. The highest BCUT2D eigenvalue weighted by Crippen LogP contribution is 2.24. The molecule has 2 aromatic rings. The van der Waals surface area contributed by atoms with Crippen molar-refractivity contribution >= 4 is 28.9 Å². The Morgan fingerprint density at radius 3 is 2.23 bits per heavy atom. The molecular weight excluding hydrogens is 388 g/mol. The molecule has 0 aromatic heterocycles. The quantitative estimate of drug-likeness (QED) is 0.707. The molecule has 0 saturated carbocycles. The van der Waals surface area contributed by atoms with Crippen molar-refractivity contribution in [1.82, 2.24) is 4.90 Å². The van der Waals surface area contributed by atoms with E-state index in [0.29, 0.717) is 0 Å². The van der Waals surface area contributed by atoms with Gasteiger partial charge < -0.3 is 15.5 Å². The van der Waals surface area contributed by atoms with Crippen LogP contribution in [-0.4, -0.2) is 49.9 Å². The van der Waals surface area contributed by atoms with Crippen LogP contribution in [0, 0.1) is 19.8 Å². The first-order valence-corrected chi connectivity index (χ1v) is 11.0. The molecule has 2 N–H and O–H groups in total. The van der Waals surface area contributed by atoms with Gasteiger partial charge in [0.05, 0.1) is 13.1 Å². The first-order chi connectivity index (χ1) is 14.8. The predicted octanol–water partition coefficient (Wildman–Crippen LogP) is 4.05. The number of hydrogen-bond acceptors (Lipinski definition) is 4. The van der Waals surface area contributed by atoms with Crippen molar-refractivity contribution in [1.29, 1.82) is 0 Å². The molecule has 1 aliphatic heterocycles. The molecule has 1 saturated heterocycles. The van der Waals surface area contributed by atoms with Crippen LogP contribution in [0.3, 0.4) is 0 Å². The molecule has 1 aliphatic rings. The van der Waals surface area contributed by atoms with Gasteiger partial charge in [-0.05, 0) is 81.1 Å². The van der Waals surface area contributed by atoms with Crippen molar-refractivity contribution in [3.63, 3.8) is 0 Å². The Bertz CT molecular complexity index is 902. The number of carbonyl (C=O) groups excluding carboxylic acids is 2. The minimum absolute atomic E-state index is 0.135. The molecule has 1 fully saturated rings. The minimum atomic E-state index is -0.137. The summed E-state index contributed by atoms with van der Waals surface area (Å²) in [4.78, 5) is 28.8. The zero-order valence-electron chi connectivity index (χ0n) is 19.1. The van der Waals surface area contributed by atoms with Gasteiger partial charge in [-0.15, -0.1) is 0 Å². The highest BCUT2D eigenvalue weighted by atomic mass is 16.2. The van der Waals surface area contributed by atoms with Crippen LogP contribution in [0.15, 0.2) is 42.5 Å². The lowest BCUT2D eigenvalue weighted by molar-refractivity contribution is -0.119. The summed E-state index contributed by atoms with van der Waals surface area (Å²) >= 11 is 0. The van der Waals surface area contributed by atoms with Crippen molar-refractivity contribution in [3.8, 4) is 0 Å². The van der Waals surface area contributed by atoms with Crippen molar-refractivity contribution in [2.45, 2.75) is 33.6 Å². The summed E-state index contributed by atoms with van der Waals surface area (Å²) in [5, 5.41) is 5.85. The summed E-state index contributed by atoms with van der Waals surface area (Å²) in [6.07, 6.45) is 2.45. The number of nitrogens with one attached hydrogen (secondary N) is 2. The predicted molar refractivity (Wildman–Crippen MR) is 128 cm³/mol. The molecule has 3 rings (SSSR count). The molecular formula is C25H34N4O2. The summed E-state index contributed by atoms with van der Waals surface area (Å²) in [7, 11) is 1.77. The lowest BCUT2D eigenvalue weighted by Gasteiger charge is -2.32. The Hall–Kier alpha value is -2.86. The Kier molecular flexibility index (Phi) is 7.69. The van der Waals surface area contributed by atoms with E-state index >= 15 is 0 Å². The fourth-order valence-electron chi connectivity index (χ4n) is 3.85. The maximum absolute atomic E-state index is 12.4. The molecule has 166 valence electrons.